The summed E-state index contributed by atoms with van der Waals surface area (Å²) in [7, 11) is 0. The van der Waals surface area contributed by atoms with Crippen LogP contribution in [0.5, 0.6) is 11.5 Å². The van der Waals surface area contributed by atoms with Crippen LogP contribution in [0.15, 0.2) is 72.2 Å². The number of alkyl halides is 3. The van der Waals surface area contributed by atoms with Crippen LogP contribution in [0.3, 0.4) is 0 Å². The molecule has 73 heavy (non-hydrogen) atoms. The van der Waals surface area contributed by atoms with Crippen LogP contribution in [0.1, 0.15) is 100 Å². The number of hydrogen-bond donors (Lipinski definition) is 4. The van der Waals surface area contributed by atoms with Crippen molar-refractivity contribution in [3.8, 4) is 28.0 Å². The largest absolute Gasteiger partial charge is 0.491 e. The zero-order valence-corrected chi connectivity index (χ0v) is 43.4. The van der Waals surface area contributed by atoms with Crippen LogP contribution in [0, 0.1) is 34.5 Å². The molecule has 1 aliphatic carbocycles. The number of nitriles is 1. The lowest BCUT2D eigenvalue weighted by atomic mass is 9.49. The minimum atomic E-state index is -4.72. The number of halogens is 3. The van der Waals surface area contributed by atoms with Gasteiger partial charge in [-0.05, 0) is 78.8 Å². The maximum absolute atomic E-state index is 14.1. The summed E-state index contributed by atoms with van der Waals surface area (Å²) in [5.41, 5.74) is 1.55. The molecule has 0 bridgehead atoms. The van der Waals surface area contributed by atoms with Gasteiger partial charge in [-0.15, -0.1) is 11.3 Å². The van der Waals surface area contributed by atoms with Gasteiger partial charge < -0.3 is 40.2 Å². The zero-order valence-electron chi connectivity index (χ0n) is 42.6. The molecule has 3 heterocycles. The fourth-order valence-corrected chi connectivity index (χ4v) is 11.4. The van der Waals surface area contributed by atoms with E-state index in [9.17, 15) is 37.5 Å². The van der Waals surface area contributed by atoms with Crippen molar-refractivity contribution in [2.45, 2.75) is 124 Å². The van der Waals surface area contributed by atoms with E-state index in [4.69, 9.17) is 19.5 Å². The van der Waals surface area contributed by atoms with E-state index in [0.717, 1.165) is 33.8 Å². The van der Waals surface area contributed by atoms with Gasteiger partial charge in [-0.3, -0.25) is 24.1 Å². The summed E-state index contributed by atoms with van der Waals surface area (Å²) in [5.74, 6) is -0.885. The first-order valence-corrected chi connectivity index (χ1v) is 25.5. The molecule has 0 unspecified atom stereocenters. The van der Waals surface area contributed by atoms with Gasteiger partial charge in [0, 0.05) is 55.0 Å². The third kappa shape index (κ3) is 12.8. The first kappa shape index (κ1) is 54.7. The van der Waals surface area contributed by atoms with E-state index < -0.39 is 63.7 Å². The van der Waals surface area contributed by atoms with Crippen molar-refractivity contribution in [1.82, 2.24) is 30.7 Å². The molecular formula is C54H66F3N7O8S. The smallest absolute Gasteiger partial charge is 0.417 e. The second kappa shape index (κ2) is 22.2. The molecule has 3 aliphatic rings. The lowest BCUT2D eigenvalue weighted by Crippen LogP contribution is -2.74. The number of carbonyl (C=O) groups is 4. The predicted octanol–water partition coefficient (Wildman–Crippen LogP) is 7.29. The van der Waals surface area contributed by atoms with Gasteiger partial charge in [0.25, 0.3) is 5.91 Å². The fraction of sp³-hybridized carbons (Fsp3) is 0.519. The maximum Gasteiger partial charge on any atom is 0.417 e. The van der Waals surface area contributed by atoms with Gasteiger partial charge in [-0.1, -0.05) is 72.7 Å². The topological polar surface area (TPSA) is 195 Å². The highest BCUT2D eigenvalue weighted by atomic mass is 32.1. The molecule has 0 spiro atoms. The molecule has 4 amide bonds. The Morgan fingerprint density at radius 3 is 2.21 bits per heavy atom. The minimum Gasteiger partial charge on any atom is -0.491 e. The van der Waals surface area contributed by atoms with Crippen molar-refractivity contribution >= 4 is 35.0 Å². The van der Waals surface area contributed by atoms with Crippen LogP contribution in [0.2, 0.25) is 0 Å². The van der Waals surface area contributed by atoms with Gasteiger partial charge in [0.05, 0.1) is 58.6 Å². The number of nitrogens with one attached hydrogen (secondary N) is 3. The molecule has 19 heteroatoms. The summed E-state index contributed by atoms with van der Waals surface area (Å²) in [5, 5.41) is 28.8. The molecule has 2 aliphatic heterocycles. The lowest BCUT2D eigenvalue weighted by Gasteiger charge is -2.63. The lowest BCUT2D eigenvalue weighted by molar-refractivity contribution is -0.164. The normalized spacial score (nSPS) is 21.3. The Kier molecular flexibility index (Phi) is 16.6. The van der Waals surface area contributed by atoms with Gasteiger partial charge in [0.15, 0.2) is 0 Å². The van der Waals surface area contributed by atoms with Crippen LogP contribution in [0.4, 0.5) is 13.2 Å². The average Bonchev–Trinajstić information content (AvgIpc) is 3.96. The number of aliphatic hydroxyl groups is 1. The summed E-state index contributed by atoms with van der Waals surface area (Å²) in [4.78, 5) is 63.4. The number of aryl methyl sites for hydroxylation is 1. The number of aliphatic hydroxyl groups excluding tert-OH is 1. The van der Waals surface area contributed by atoms with E-state index in [0.29, 0.717) is 43.9 Å². The van der Waals surface area contributed by atoms with Crippen molar-refractivity contribution in [2.75, 3.05) is 39.4 Å². The molecule has 1 saturated carbocycles. The third-order valence-corrected chi connectivity index (χ3v) is 15.2. The molecule has 3 atom stereocenters. The molecule has 15 nitrogen and oxygen atoms in total. The van der Waals surface area contributed by atoms with Gasteiger partial charge in [0.2, 0.25) is 17.7 Å². The molecule has 2 saturated heterocycles. The highest BCUT2D eigenvalue weighted by Gasteiger charge is 2.64. The number of amides is 4. The van der Waals surface area contributed by atoms with Crippen molar-refractivity contribution < 1.29 is 51.7 Å². The third-order valence-electron chi connectivity index (χ3n) is 14.2. The summed E-state index contributed by atoms with van der Waals surface area (Å²) in [6.07, 6.45) is -4.71. The van der Waals surface area contributed by atoms with E-state index in [1.54, 1.807) is 47.2 Å². The number of thiazole rings is 1. The van der Waals surface area contributed by atoms with Crippen molar-refractivity contribution in [3.05, 3.63) is 100 Å². The molecule has 0 radical (unpaired) electrons. The molecule has 3 fully saturated rings. The second-order valence-electron chi connectivity index (χ2n) is 21.5. The van der Waals surface area contributed by atoms with Gasteiger partial charge in [-0.25, -0.2) is 4.98 Å². The van der Waals surface area contributed by atoms with Gasteiger partial charge in [0.1, 0.15) is 36.3 Å². The van der Waals surface area contributed by atoms with Crippen LogP contribution in [-0.4, -0.2) is 119 Å². The van der Waals surface area contributed by atoms with Crippen LogP contribution < -0.4 is 25.4 Å². The number of ether oxygens (including phenoxy) is 3. The Labute approximate surface area is 428 Å². The predicted molar refractivity (Wildman–Crippen MR) is 268 cm³/mol. The maximum atomic E-state index is 14.1. The van der Waals surface area contributed by atoms with Crippen molar-refractivity contribution in [1.29, 1.82) is 5.26 Å². The monoisotopic (exact) mass is 1030 g/mol. The van der Waals surface area contributed by atoms with Crippen LogP contribution in [-0.2, 0) is 31.8 Å². The second-order valence-corrected chi connectivity index (χ2v) is 22.4. The Bertz CT molecular complexity index is 2640. The highest BCUT2D eigenvalue weighted by Crippen LogP contribution is 2.56. The van der Waals surface area contributed by atoms with Gasteiger partial charge >= 0.3 is 6.18 Å². The highest BCUT2D eigenvalue weighted by molar-refractivity contribution is 7.13. The van der Waals surface area contributed by atoms with E-state index >= 15 is 0 Å². The first-order chi connectivity index (χ1) is 34.4. The first-order valence-electron chi connectivity index (χ1n) is 24.6. The molecule has 392 valence electrons. The number of β-amino-alcohol motifs (C(OH)–C–C–N with tert-alkyl or cyclic N) is 1. The summed E-state index contributed by atoms with van der Waals surface area (Å²) < 4.78 is 58.9. The number of carbonyl (C=O) groups excluding carboxylic acids is 4. The molecule has 7 rings (SSSR count). The number of nitrogens with zero attached hydrogens (tertiary/aromatic N) is 4. The van der Waals surface area contributed by atoms with E-state index in [1.807, 2.05) is 84.6 Å². The number of hydrogen-bond acceptors (Lipinski definition) is 12. The molecular weight excluding hydrogens is 964 g/mol. The standard InChI is InChI=1S/C54H66F3N7O8S/c1-32-44(73-31-60-32)34-11-9-33(10-12-34)28-59-47(68)42-25-37(65)29-64(42)48(69)45(51(2,3)4)61-43(66)30-63-21-19-39(20-22-63)71-24-23-70-38-16-13-35(14-17-38)46(67)62-49-52(5,6)50(53(49,7)8)72-40-18-15-36(27-58)41(26-40)54(55,56)57/h9-18,26,31,37,39,42,45,49-50,65H,19-25,28-30H2,1-8H3,(H,59,68)(H,61,66)(H,62,67)/t37-,42+,45-,49-,50-/m1/s1. The van der Waals surface area contributed by atoms with Crippen molar-refractivity contribution in [2.24, 2.45) is 16.2 Å². The average molecular weight is 1030 g/mol. The number of rotatable bonds is 17. The van der Waals surface area contributed by atoms with E-state index in [-0.39, 0.29) is 68.3 Å². The number of aromatic nitrogens is 1. The number of piperidine rings is 1. The Morgan fingerprint density at radius 2 is 1.60 bits per heavy atom. The molecule has 1 aromatic heterocycles. The molecule has 4 N–H and O–H groups in total. The molecule has 3 aromatic carbocycles. The Hall–Kier alpha value is -6.07. The Morgan fingerprint density at radius 1 is 0.945 bits per heavy atom. The van der Waals surface area contributed by atoms with Gasteiger partial charge in [-0.2, -0.15) is 18.4 Å². The SMILES string of the molecule is Cc1ncsc1-c1ccc(CNC(=O)[C@@H]2C[C@@H](O)CN2C(=O)[C@@H](NC(=O)CN2CCC(OCCOc3ccc(C(=O)N[C@H]4C(C)(C)[C@H](Oc5ccc(C#N)c(C(F)(F)F)c5)C4(C)C)cc3)CC2)C(C)(C)C)cc1. The minimum absolute atomic E-state index is 0.00820. The summed E-state index contributed by atoms with van der Waals surface area (Å²) >= 11 is 1.57. The quantitative estimate of drug-likeness (QED) is 0.0776. The number of benzene rings is 3. The van der Waals surface area contributed by atoms with Crippen LogP contribution >= 0.6 is 11.3 Å². The van der Waals surface area contributed by atoms with E-state index in [1.165, 1.54) is 11.0 Å². The van der Waals surface area contributed by atoms with E-state index in [2.05, 4.69) is 20.9 Å². The van der Waals surface area contributed by atoms with Crippen LogP contribution in [0.25, 0.3) is 10.4 Å². The summed E-state index contributed by atoms with van der Waals surface area (Å²) in [6.45, 7) is 17.2. The summed E-state index contributed by atoms with van der Waals surface area (Å²) in [6, 6.07) is 17.2. The Balaban J connectivity index is 0.813. The fourth-order valence-electron chi connectivity index (χ4n) is 10.6. The van der Waals surface area contributed by atoms with Crippen molar-refractivity contribution in [3.63, 3.8) is 0 Å². The zero-order chi connectivity index (χ0) is 53.0. The number of likely N-dealkylation sites (tertiary alicyclic amines) is 2. The molecule has 4 aromatic rings.